The average molecular weight is 415 g/mol. The molecule has 1 aliphatic rings. The Morgan fingerprint density at radius 2 is 1.90 bits per heavy atom. The van der Waals surface area contributed by atoms with E-state index in [4.69, 9.17) is 31.8 Å². The largest absolute Gasteiger partial charge is 0.496 e. The number of imidazole rings is 1. The molecule has 1 aliphatic heterocycles. The van der Waals surface area contributed by atoms with Gasteiger partial charge in [0.05, 0.1) is 24.9 Å². The summed E-state index contributed by atoms with van der Waals surface area (Å²) in [5.41, 5.74) is 9.47. The van der Waals surface area contributed by atoms with E-state index in [1.165, 1.54) is 18.5 Å². The molecule has 4 rings (SSSR count). The molecule has 2 N–H and O–H groups in total. The van der Waals surface area contributed by atoms with Crippen molar-refractivity contribution < 1.29 is 9.47 Å². The van der Waals surface area contributed by atoms with E-state index >= 15 is 0 Å². The molecule has 0 aliphatic carbocycles. The van der Waals surface area contributed by atoms with Crippen molar-refractivity contribution in [3.8, 4) is 22.8 Å². The molecule has 0 spiro atoms. The Morgan fingerprint density at radius 3 is 2.59 bits per heavy atom. The van der Waals surface area contributed by atoms with Gasteiger partial charge in [0.2, 0.25) is 0 Å². The molecular weight excluding hydrogens is 388 g/mol. The monoisotopic (exact) mass is 414 g/mol. The normalized spacial score (nSPS) is 15.1. The summed E-state index contributed by atoms with van der Waals surface area (Å²) in [5.74, 6) is 2.01. The fourth-order valence-corrected chi connectivity index (χ4v) is 4.31. The smallest absolute Gasteiger partial charge is 0.141 e. The molecule has 1 saturated heterocycles. The van der Waals surface area contributed by atoms with Gasteiger partial charge >= 0.3 is 0 Å². The molecule has 6 nitrogen and oxygen atoms in total. The second kappa shape index (κ2) is 8.51. The first-order chi connectivity index (χ1) is 14.1. The fourth-order valence-electron chi connectivity index (χ4n) is 4.07. The lowest BCUT2D eigenvalue weighted by molar-refractivity contribution is 0.386. The lowest BCUT2D eigenvalue weighted by Gasteiger charge is -2.33. The van der Waals surface area contributed by atoms with Crippen LogP contribution in [0, 0.1) is 5.92 Å². The maximum absolute atomic E-state index is 6.34. The number of methoxy groups -OCH3 is 2. The number of rotatable bonds is 6. The van der Waals surface area contributed by atoms with E-state index in [0.29, 0.717) is 16.5 Å². The third kappa shape index (κ3) is 4.00. The predicted octanol–water partition coefficient (Wildman–Crippen LogP) is 4.24. The molecule has 0 saturated carbocycles. The first-order valence-electron chi connectivity index (χ1n) is 9.98. The fraction of sp³-hybridized carbons (Fsp3) is 0.409. The number of anilines is 1. The Bertz CT molecular complexity index is 996. The van der Waals surface area contributed by atoms with Gasteiger partial charge in [0, 0.05) is 48.9 Å². The number of benzene rings is 1. The van der Waals surface area contributed by atoms with E-state index in [-0.39, 0.29) is 0 Å². The van der Waals surface area contributed by atoms with Crippen molar-refractivity contribution >= 4 is 22.9 Å². The molecule has 154 valence electrons. The van der Waals surface area contributed by atoms with Crippen LogP contribution in [0.2, 0.25) is 5.02 Å². The van der Waals surface area contributed by atoms with Gasteiger partial charge in [0.25, 0.3) is 0 Å². The van der Waals surface area contributed by atoms with Crippen molar-refractivity contribution in [2.45, 2.75) is 19.3 Å². The van der Waals surface area contributed by atoms with Gasteiger partial charge in [-0.15, -0.1) is 0 Å². The molecule has 1 fully saturated rings. The SMILES string of the molecule is COc1cc(OC)c(-c2cn3ccc(N4CCC(CCN)CC4)cc3n2)cc1Cl. The number of nitrogens with zero attached hydrogens (tertiary/aromatic N) is 3. The number of pyridine rings is 1. The summed E-state index contributed by atoms with van der Waals surface area (Å²) in [6.45, 7) is 2.92. The highest BCUT2D eigenvalue weighted by Gasteiger charge is 2.20. The Labute approximate surface area is 176 Å². The Hall–Kier alpha value is -2.44. The van der Waals surface area contributed by atoms with E-state index in [2.05, 4.69) is 23.2 Å². The minimum atomic E-state index is 0.529. The number of nitrogens with two attached hydrogens (primary N) is 1. The zero-order chi connectivity index (χ0) is 20.4. The maximum atomic E-state index is 6.34. The summed E-state index contributed by atoms with van der Waals surface area (Å²) in [5, 5.41) is 0.529. The highest BCUT2D eigenvalue weighted by atomic mass is 35.5. The van der Waals surface area contributed by atoms with Gasteiger partial charge < -0.3 is 24.5 Å². The number of hydrogen-bond donors (Lipinski definition) is 1. The third-order valence-corrected chi connectivity index (χ3v) is 6.04. The molecule has 0 amide bonds. The zero-order valence-corrected chi connectivity index (χ0v) is 17.7. The predicted molar refractivity (Wildman–Crippen MR) is 117 cm³/mol. The van der Waals surface area contributed by atoms with Crippen LogP contribution in [0.15, 0.2) is 36.7 Å². The molecule has 0 atom stereocenters. The lowest BCUT2D eigenvalue weighted by Crippen LogP contribution is -2.34. The molecule has 3 aromatic rings. The van der Waals surface area contributed by atoms with Crippen LogP contribution in [0.3, 0.4) is 0 Å². The Morgan fingerprint density at radius 1 is 1.14 bits per heavy atom. The van der Waals surface area contributed by atoms with Crippen LogP contribution in [0.4, 0.5) is 5.69 Å². The number of fused-ring (bicyclic) bond motifs is 1. The molecule has 0 radical (unpaired) electrons. The van der Waals surface area contributed by atoms with Gasteiger partial charge in [0.1, 0.15) is 17.1 Å². The molecule has 0 unspecified atom stereocenters. The summed E-state index contributed by atoms with van der Waals surface area (Å²) in [6.07, 6.45) is 7.58. The summed E-state index contributed by atoms with van der Waals surface area (Å²) in [7, 11) is 3.22. The number of ether oxygens (including phenoxy) is 2. The Balaban J connectivity index is 1.62. The first-order valence-corrected chi connectivity index (χ1v) is 10.4. The summed E-state index contributed by atoms with van der Waals surface area (Å²) >= 11 is 6.34. The standard InChI is InChI=1S/C22H27ClN4O2/c1-28-20-13-21(29-2)18(23)12-17(20)19-14-27-10-6-16(11-22(27)25-19)26-8-4-15(3-7-24)5-9-26/h6,10-15H,3-5,7-9,24H2,1-2H3. The molecule has 3 heterocycles. The van der Waals surface area contributed by atoms with Crippen molar-refractivity contribution in [1.29, 1.82) is 0 Å². The molecule has 29 heavy (non-hydrogen) atoms. The van der Waals surface area contributed by atoms with Crippen LogP contribution < -0.4 is 20.1 Å². The van der Waals surface area contributed by atoms with Crippen LogP contribution in [0.1, 0.15) is 19.3 Å². The van der Waals surface area contributed by atoms with Crippen LogP contribution in [-0.4, -0.2) is 43.2 Å². The zero-order valence-electron chi connectivity index (χ0n) is 16.9. The van der Waals surface area contributed by atoms with E-state index in [1.807, 2.05) is 16.7 Å². The van der Waals surface area contributed by atoms with Crippen molar-refractivity contribution in [2.75, 3.05) is 38.8 Å². The third-order valence-electron chi connectivity index (χ3n) is 5.75. The summed E-state index contributed by atoms with van der Waals surface area (Å²) in [6, 6.07) is 7.92. The molecule has 1 aromatic carbocycles. The molecular formula is C22H27ClN4O2. The van der Waals surface area contributed by atoms with E-state index in [0.717, 1.165) is 48.9 Å². The highest BCUT2D eigenvalue weighted by molar-refractivity contribution is 6.32. The number of piperidine rings is 1. The van der Waals surface area contributed by atoms with Crippen LogP contribution in [0.25, 0.3) is 16.9 Å². The quantitative estimate of drug-likeness (QED) is 0.653. The van der Waals surface area contributed by atoms with Crippen LogP contribution in [-0.2, 0) is 0 Å². The lowest BCUT2D eigenvalue weighted by atomic mass is 9.93. The van der Waals surface area contributed by atoms with Gasteiger partial charge in [-0.3, -0.25) is 0 Å². The number of halogens is 1. The minimum absolute atomic E-state index is 0.529. The van der Waals surface area contributed by atoms with E-state index in [1.54, 1.807) is 20.3 Å². The van der Waals surface area contributed by atoms with Gasteiger partial charge in [-0.05, 0) is 43.9 Å². The summed E-state index contributed by atoms with van der Waals surface area (Å²) in [4.78, 5) is 7.27. The van der Waals surface area contributed by atoms with E-state index in [9.17, 15) is 0 Å². The van der Waals surface area contributed by atoms with Crippen LogP contribution in [0.5, 0.6) is 11.5 Å². The second-order valence-electron chi connectivity index (χ2n) is 7.47. The second-order valence-corrected chi connectivity index (χ2v) is 7.88. The highest BCUT2D eigenvalue weighted by Crippen LogP contribution is 2.38. The average Bonchev–Trinajstić information content (AvgIpc) is 3.17. The molecule has 2 aromatic heterocycles. The number of hydrogen-bond acceptors (Lipinski definition) is 5. The summed E-state index contributed by atoms with van der Waals surface area (Å²) < 4.78 is 12.9. The van der Waals surface area contributed by atoms with Gasteiger partial charge in [-0.25, -0.2) is 4.98 Å². The van der Waals surface area contributed by atoms with Crippen molar-refractivity contribution in [2.24, 2.45) is 11.7 Å². The topological polar surface area (TPSA) is 65.0 Å². The maximum Gasteiger partial charge on any atom is 0.141 e. The van der Waals surface area contributed by atoms with Gasteiger partial charge in [0.15, 0.2) is 0 Å². The minimum Gasteiger partial charge on any atom is -0.496 e. The molecule has 0 bridgehead atoms. The van der Waals surface area contributed by atoms with Gasteiger partial charge in [-0.2, -0.15) is 0 Å². The van der Waals surface area contributed by atoms with E-state index < -0.39 is 0 Å². The van der Waals surface area contributed by atoms with Crippen molar-refractivity contribution in [1.82, 2.24) is 9.38 Å². The van der Waals surface area contributed by atoms with Crippen molar-refractivity contribution in [3.63, 3.8) is 0 Å². The molecule has 7 heteroatoms. The van der Waals surface area contributed by atoms with Gasteiger partial charge in [-0.1, -0.05) is 11.6 Å². The number of aromatic nitrogens is 2. The van der Waals surface area contributed by atoms with Crippen LogP contribution >= 0.6 is 11.6 Å². The first kappa shape index (κ1) is 19.9. The van der Waals surface area contributed by atoms with Crippen molar-refractivity contribution in [3.05, 3.63) is 41.7 Å². The Kier molecular flexibility index (Phi) is 5.83.